The predicted octanol–water partition coefficient (Wildman–Crippen LogP) is 1.23. The molecule has 3 aliphatic rings. The number of fused-ring (bicyclic) bond motifs is 5. The summed E-state index contributed by atoms with van der Waals surface area (Å²) in [6.45, 7) is 0. The van der Waals surface area contributed by atoms with Crippen molar-refractivity contribution in [3.63, 3.8) is 0 Å². The summed E-state index contributed by atoms with van der Waals surface area (Å²) < 4.78 is 4.77. The molecule has 12 heavy (non-hydrogen) atoms. The third kappa shape index (κ3) is 0.598. The van der Waals surface area contributed by atoms with E-state index in [2.05, 4.69) is 12.2 Å². The minimum atomic E-state index is 0.0170. The maximum Gasteiger partial charge on any atom is 0.309 e. The fourth-order valence-electron chi connectivity index (χ4n) is 3.24. The molecular weight excluding hydrogens is 152 g/mol. The van der Waals surface area contributed by atoms with Gasteiger partial charge in [-0.25, -0.2) is 0 Å². The predicted molar refractivity (Wildman–Crippen MR) is 43.2 cm³/mol. The summed E-state index contributed by atoms with van der Waals surface area (Å²) in [5, 5.41) is 0. The van der Waals surface area contributed by atoms with E-state index in [4.69, 9.17) is 4.74 Å². The molecule has 2 heteroatoms. The lowest BCUT2D eigenvalue weighted by atomic mass is 10.0. The third-order valence-electron chi connectivity index (χ3n) is 3.74. The molecule has 2 fully saturated rings. The Morgan fingerprint density at radius 3 is 2.42 bits per heavy atom. The molecule has 4 atom stereocenters. The van der Waals surface area contributed by atoms with Gasteiger partial charge in [0.2, 0.25) is 0 Å². The Kier molecular flexibility index (Phi) is 1.07. The number of ether oxygens (including phenoxy) is 1. The Hall–Kier alpha value is -0.790. The first-order valence-electron chi connectivity index (χ1n) is 4.59. The van der Waals surface area contributed by atoms with Crippen LogP contribution in [0.25, 0.3) is 0 Å². The van der Waals surface area contributed by atoms with Crippen LogP contribution in [-0.4, -0.2) is 13.1 Å². The molecule has 3 rings (SSSR count). The van der Waals surface area contributed by atoms with Crippen LogP contribution in [0.5, 0.6) is 0 Å². The Balaban J connectivity index is 1.81. The van der Waals surface area contributed by atoms with Crippen LogP contribution < -0.4 is 0 Å². The molecule has 0 N–H and O–H groups in total. The molecule has 0 saturated heterocycles. The molecule has 0 radical (unpaired) electrons. The van der Waals surface area contributed by atoms with E-state index >= 15 is 0 Å². The standard InChI is InChI=1S/C10H12O2/c1-12-10(11)9-7-5-2-3-6(4-5)8(7)9/h2-3,5-9H,4H2,1H3. The Morgan fingerprint density at radius 2 is 1.92 bits per heavy atom. The van der Waals surface area contributed by atoms with Crippen molar-refractivity contribution < 1.29 is 9.53 Å². The number of carbonyl (C=O) groups excluding carboxylic acids is 1. The first-order valence-corrected chi connectivity index (χ1v) is 4.59. The van der Waals surface area contributed by atoms with Gasteiger partial charge in [0.05, 0.1) is 13.0 Å². The molecule has 3 aliphatic carbocycles. The van der Waals surface area contributed by atoms with Gasteiger partial charge in [0.15, 0.2) is 0 Å². The highest BCUT2D eigenvalue weighted by atomic mass is 16.5. The van der Waals surface area contributed by atoms with E-state index in [1.165, 1.54) is 13.5 Å². The summed E-state index contributed by atoms with van der Waals surface area (Å²) in [4.78, 5) is 11.3. The molecule has 2 saturated carbocycles. The maximum atomic E-state index is 11.3. The second-order valence-electron chi connectivity index (χ2n) is 4.15. The van der Waals surface area contributed by atoms with Crippen molar-refractivity contribution in [3.8, 4) is 0 Å². The van der Waals surface area contributed by atoms with Crippen molar-refractivity contribution in [1.29, 1.82) is 0 Å². The minimum Gasteiger partial charge on any atom is -0.469 e. The van der Waals surface area contributed by atoms with E-state index in [0.29, 0.717) is 23.7 Å². The topological polar surface area (TPSA) is 26.3 Å². The van der Waals surface area contributed by atoms with Crippen molar-refractivity contribution >= 4 is 5.97 Å². The molecule has 2 bridgehead atoms. The van der Waals surface area contributed by atoms with Gasteiger partial charge in [-0.2, -0.15) is 0 Å². The normalized spacial score (nSPS) is 52.2. The van der Waals surface area contributed by atoms with Gasteiger partial charge < -0.3 is 4.74 Å². The Bertz CT molecular complexity index is 251. The number of rotatable bonds is 1. The first kappa shape index (κ1) is 6.70. The molecule has 64 valence electrons. The van der Waals surface area contributed by atoms with Crippen LogP contribution in [0.4, 0.5) is 0 Å². The van der Waals surface area contributed by atoms with Crippen LogP contribution in [0.3, 0.4) is 0 Å². The number of hydrogen-bond acceptors (Lipinski definition) is 2. The van der Waals surface area contributed by atoms with Crippen LogP contribution in [-0.2, 0) is 9.53 Å². The average Bonchev–Trinajstić information content (AvgIpc) is 2.53. The molecule has 2 nitrogen and oxygen atoms in total. The molecule has 0 aromatic rings. The highest BCUT2D eigenvalue weighted by Gasteiger charge is 2.66. The van der Waals surface area contributed by atoms with Gasteiger partial charge in [-0.15, -0.1) is 0 Å². The highest BCUT2D eigenvalue weighted by molar-refractivity contribution is 5.77. The number of methoxy groups -OCH3 is 1. The summed E-state index contributed by atoms with van der Waals surface area (Å²) in [6, 6.07) is 0. The van der Waals surface area contributed by atoms with Crippen LogP contribution in [0.1, 0.15) is 6.42 Å². The Morgan fingerprint density at radius 1 is 1.33 bits per heavy atom. The highest BCUT2D eigenvalue weighted by Crippen LogP contribution is 2.67. The molecule has 0 heterocycles. The molecule has 0 aromatic heterocycles. The van der Waals surface area contributed by atoms with Gasteiger partial charge in [0, 0.05) is 0 Å². The van der Waals surface area contributed by atoms with Crippen LogP contribution >= 0.6 is 0 Å². The van der Waals surface area contributed by atoms with Crippen LogP contribution in [0.2, 0.25) is 0 Å². The Labute approximate surface area is 71.6 Å². The summed E-state index contributed by atoms with van der Waals surface area (Å²) in [6.07, 6.45) is 5.87. The lowest BCUT2D eigenvalue weighted by Crippen LogP contribution is -2.11. The molecule has 0 aliphatic heterocycles. The molecule has 0 aromatic carbocycles. The first-order chi connectivity index (χ1) is 5.83. The van der Waals surface area contributed by atoms with E-state index < -0.39 is 0 Å². The lowest BCUT2D eigenvalue weighted by Gasteiger charge is -2.06. The van der Waals surface area contributed by atoms with Crippen molar-refractivity contribution in [3.05, 3.63) is 12.2 Å². The van der Waals surface area contributed by atoms with Crippen LogP contribution in [0.15, 0.2) is 12.2 Å². The van der Waals surface area contributed by atoms with Crippen LogP contribution in [0, 0.1) is 29.6 Å². The zero-order valence-corrected chi connectivity index (χ0v) is 7.07. The van der Waals surface area contributed by atoms with Crippen molar-refractivity contribution in [2.45, 2.75) is 6.42 Å². The van der Waals surface area contributed by atoms with Gasteiger partial charge in [0.1, 0.15) is 0 Å². The van der Waals surface area contributed by atoms with Crippen molar-refractivity contribution in [2.75, 3.05) is 7.11 Å². The van der Waals surface area contributed by atoms with E-state index in [9.17, 15) is 4.79 Å². The summed E-state index contributed by atoms with van der Waals surface area (Å²) in [7, 11) is 1.49. The second kappa shape index (κ2) is 1.93. The SMILES string of the molecule is COC(=O)C1C2C3C=CC(C3)C12. The number of esters is 1. The number of hydrogen-bond donors (Lipinski definition) is 0. The summed E-state index contributed by atoms with van der Waals surface area (Å²) >= 11 is 0. The fraction of sp³-hybridized carbons (Fsp3) is 0.700. The van der Waals surface area contributed by atoms with Gasteiger partial charge in [-0.1, -0.05) is 12.2 Å². The number of allylic oxidation sites excluding steroid dienone is 2. The monoisotopic (exact) mass is 164 g/mol. The van der Waals surface area contributed by atoms with Crippen molar-refractivity contribution in [1.82, 2.24) is 0 Å². The third-order valence-corrected chi connectivity index (χ3v) is 3.74. The second-order valence-corrected chi connectivity index (χ2v) is 4.15. The molecule has 0 spiro atoms. The van der Waals surface area contributed by atoms with Gasteiger partial charge in [-0.3, -0.25) is 4.79 Å². The molecule has 4 unspecified atom stereocenters. The van der Waals surface area contributed by atoms with Crippen molar-refractivity contribution in [2.24, 2.45) is 29.6 Å². The van der Waals surface area contributed by atoms with Gasteiger partial charge >= 0.3 is 5.97 Å². The maximum absolute atomic E-state index is 11.3. The van der Waals surface area contributed by atoms with Gasteiger partial charge in [0.25, 0.3) is 0 Å². The lowest BCUT2D eigenvalue weighted by molar-refractivity contribution is -0.143. The van der Waals surface area contributed by atoms with E-state index in [0.717, 1.165) is 0 Å². The molecule has 0 amide bonds. The van der Waals surface area contributed by atoms with Gasteiger partial charge in [-0.05, 0) is 30.1 Å². The summed E-state index contributed by atoms with van der Waals surface area (Å²) in [5.74, 6) is 2.95. The van der Waals surface area contributed by atoms with E-state index in [1.54, 1.807) is 0 Å². The largest absolute Gasteiger partial charge is 0.469 e. The number of carbonyl (C=O) groups is 1. The van der Waals surface area contributed by atoms with E-state index in [-0.39, 0.29) is 11.9 Å². The fourth-order valence-corrected chi connectivity index (χ4v) is 3.24. The average molecular weight is 164 g/mol. The zero-order valence-electron chi connectivity index (χ0n) is 7.07. The smallest absolute Gasteiger partial charge is 0.309 e. The quantitative estimate of drug-likeness (QED) is 0.430. The van der Waals surface area contributed by atoms with E-state index in [1.807, 2.05) is 0 Å². The summed E-state index contributed by atoms with van der Waals surface area (Å²) in [5.41, 5.74) is 0. The zero-order chi connectivity index (χ0) is 8.29. The molecular formula is C10H12O2. The minimum absolute atomic E-state index is 0.0170.